The normalized spacial score (nSPS) is 12.5. The molecule has 0 radical (unpaired) electrons. The fraction of sp³-hybridized carbons (Fsp3) is 0.308. The summed E-state index contributed by atoms with van der Waals surface area (Å²) in [6.45, 7) is 4.88. The van der Waals surface area contributed by atoms with Gasteiger partial charge in [0.1, 0.15) is 0 Å². The Kier molecular flexibility index (Phi) is 4.61. The van der Waals surface area contributed by atoms with E-state index in [-0.39, 0.29) is 6.04 Å². The Bertz CT molecular complexity index is 581. The Morgan fingerprint density at radius 2 is 2.00 bits per heavy atom. The molecular formula is C13H14Cl3N3. The zero-order valence-electron chi connectivity index (χ0n) is 10.6. The molecule has 1 aromatic carbocycles. The number of nitrogens with zero attached hydrogens (tertiary/aromatic N) is 2. The standard InChI is InChI=1S/C13H14Cl3N3/c1-3-19-7-9(6-17-19)18-8(2)10-4-5-11(14)13(16)12(10)15/h4-8,18H,3H2,1-2H3. The third-order valence-electron chi connectivity index (χ3n) is 2.87. The maximum Gasteiger partial charge on any atom is 0.0782 e. The van der Waals surface area contributed by atoms with Gasteiger partial charge in [-0.3, -0.25) is 4.68 Å². The van der Waals surface area contributed by atoms with Crippen LogP contribution in [0.25, 0.3) is 0 Å². The second kappa shape index (κ2) is 6.04. The van der Waals surface area contributed by atoms with Crippen molar-refractivity contribution < 1.29 is 0 Å². The van der Waals surface area contributed by atoms with Crippen LogP contribution in [0, 0.1) is 0 Å². The van der Waals surface area contributed by atoms with Crippen LogP contribution < -0.4 is 5.32 Å². The lowest BCUT2D eigenvalue weighted by Crippen LogP contribution is -2.07. The summed E-state index contributed by atoms with van der Waals surface area (Å²) in [5.74, 6) is 0. The van der Waals surface area contributed by atoms with Crippen molar-refractivity contribution in [1.82, 2.24) is 9.78 Å². The first-order valence-electron chi connectivity index (χ1n) is 5.95. The fourth-order valence-electron chi connectivity index (χ4n) is 1.81. The highest BCUT2D eigenvalue weighted by molar-refractivity contribution is 6.48. The number of nitrogens with one attached hydrogen (secondary N) is 1. The molecule has 1 heterocycles. The summed E-state index contributed by atoms with van der Waals surface area (Å²) in [5.41, 5.74) is 1.84. The summed E-state index contributed by atoms with van der Waals surface area (Å²) >= 11 is 18.2. The Balaban J connectivity index is 2.20. The largest absolute Gasteiger partial charge is 0.376 e. The van der Waals surface area contributed by atoms with E-state index in [9.17, 15) is 0 Å². The predicted octanol–water partition coefficient (Wildman–Crippen LogP) is 5.04. The van der Waals surface area contributed by atoms with Crippen LogP contribution in [-0.2, 0) is 6.54 Å². The first-order chi connectivity index (χ1) is 9.02. The molecule has 3 nitrogen and oxygen atoms in total. The van der Waals surface area contributed by atoms with Gasteiger partial charge in [-0.2, -0.15) is 5.10 Å². The van der Waals surface area contributed by atoms with E-state index in [1.54, 1.807) is 12.3 Å². The van der Waals surface area contributed by atoms with Gasteiger partial charge in [0.15, 0.2) is 0 Å². The molecule has 6 heteroatoms. The highest BCUT2D eigenvalue weighted by Gasteiger charge is 2.14. The van der Waals surface area contributed by atoms with E-state index < -0.39 is 0 Å². The van der Waals surface area contributed by atoms with Gasteiger partial charge in [-0.05, 0) is 25.5 Å². The predicted molar refractivity (Wildman–Crippen MR) is 81.4 cm³/mol. The summed E-state index contributed by atoms with van der Waals surface area (Å²) in [6.07, 6.45) is 3.73. The van der Waals surface area contributed by atoms with Gasteiger partial charge in [0.2, 0.25) is 0 Å². The van der Waals surface area contributed by atoms with Gasteiger partial charge in [0.25, 0.3) is 0 Å². The van der Waals surface area contributed by atoms with Crippen LogP contribution in [0.2, 0.25) is 15.1 Å². The maximum atomic E-state index is 6.21. The lowest BCUT2D eigenvalue weighted by Gasteiger charge is -2.16. The highest BCUT2D eigenvalue weighted by atomic mass is 35.5. The van der Waals surface area contributed by atoms with Gasteiger partial charge in [0, 0.05) is 12.7 Å². The summed E-state index contributed by atoms with van der Waals surface area (Å²) < 4.78 is 1.85. The van der Waals surface area contributed by atoms with Crippen LogP contribution >= 0.6 is 34.8 Å². The molecule has 2 aromatic rings. The van der Waals surface area contributed by atoms with Gasteiger partial charge in [-0.25, -0.2) is 0 Å². The smallest absolute Gasteiger partial charge is 0.0782 e. The van der Waals surface area contributed by atoms with Crippen molar-refractivity contribution in [2.45, 2.75) is 26.4 Å². The highest BCUT2D eigenvalue weighted by Crippen LogP contribution is 2.36. The van der Waals surface area contributed by atoms with Crippen molar-refractivity contribution >= 4 is 40.5 Å². The SMILES string of the molecule is CCn1cc(NC(C)c2ccc(Cl)c(Cl)c2Cl)cn1. The molecule has 1 atom stereocenters. The van der Waals surface area contributed by atoms with E-state index in [0.29, 0.717) is 15.1 Å². The second-order valence-corrected chi connectivity index (χ2v) is 5.38. The van der Waals surface area contributed by atoms with Crippen molar-refractivity contribution in [1.29, 1.82) is 0 Å². The van der Waals surface area contributed by atoms with E-state index >= 15 is 0 Å². The maximum absolute atomic E-state index is 6.21. The summed E-state index contributed by atoms with van der Waals surface area (Å²) in [7, 11) is 0. The number of aryl methyl sites for hydroxylation is 1. The Morgan fingerprint density at radius 3 is 2.63 bits per heavy atom. The average molecular weight is 319 g/mol. The van der Waals surface area contributed by atoms with E-state index in [1.165, 1.54) is 0 Å². The second-order valence-electron chi connectivity index (χ2n) is 4.22. The quantitative estimate of drug-likeness (QED) is 0.801. The third-order valence-corrected chi connectivity index (χ3v) is 4.18. The minimum atomic E-state index is 0.0109. The summed E-state index contributed by atoms with van der Waals surface area (Å²) in [5, 5.41) is 8.87. The van der Waals surface area contributed by atoms with Crippen LogP contribution in [-0.4, -0.2) is 9.78 Å². The molecule has 0 saturated heterocycles. The van der Waals surface area contributed by atoms with Gasteiger partial charge in [-0.1, -0.05) is 40.9 Å². The number of rotatable bonds is 4. The zero-order valence-corrected chi connectivity index (χ0v) is 12.9. The number of anilines is 1. The number of hydrogen-bond donors (Lipinski definition) is 1. The van der Waals surface area contributed by atoms with E-state index in [4.69, 9.17) is 34.8 Å². The minimum absolute atomic E-state index is 0.0109. The lowest BCUT2D eigenvalue weighted by atomic mass is 10.1. The van der Waals surface area contributed by atoms with Gasteiger partial charge in [0.05, 0.1) is 33.0 Å². The molecule has 0 spiro atoms. The van der Waals surface area contributed by atoms with Crippen LogP contribution in [0.3, 0.4) is 0 Å². The van der Waals surface area contributed by atoms with Gasteiger partial charge >= 0.3 is 0 Å². The first-order valence-corrected chi connectivity index (χ1v) is 7.08. The molecule has 19 heavy (non-hydrogen) atoms. The first kappa shape index (κ1) is 14.5. The van der Waals surface area contributed by atoms with E-state index in [0.717, 1.165) is 17.8 Å². The molecule has 0 aliphatic rings. The Labute approximate surface area is 127 Å². The molecule has 1 aromatic heterocycles. The molecular weight excluding hydrogens is 305 g/mol. The third kappa shape index (κ3) is 3.16. The van der Waals surface area contributed by atoms with Crippen molar-refractivity contribution in [3.63, 3.8) is 0 Å². The number of hydrogen-bond acceptors (Lipinski definition) is 2. The van der Waals surface area contributed by atoms with Crippen molar-refractivity contribution in [2.24, 2.45) is 0 Å². The van der Waals surface area contributed by atoms with E-state index in [1.807, 2.05) is 30.8 Å². The molecule has 1 unspecified atom stereocenters. The van der Waals surface area contributed by atoms with Crippen LogP contribution in [0.5, 0.6) is 0 Å². The average Bonchev–Trinajstić information content (AvgIpc) is 2.83. The van der Waals surface area contributed by atoms with E-state index in [2.05, 4.69) is 10.4 Å². The molecule has 102 valence electrons. The van der Waals surface area contributed by atoms with Crippen LogP contribution in [0.4, 0.5) is 5.69 Å². The fourth-order valence-corrected chi connectivity index (χ4v) is 2.52. The van der Waals surface area contributed by atoms with Crippen molar-refractivity contribution in [3.8, 4) is 0 Å². The summed E-state index contributed by atoms with van der Waals surface area (Å²) in [4.78, 5) is 0. The topological polar surface area (TPSA) is 29.9 Å². The molecule has 0 aliphatic carbocycles. The van der Waals surface area contributed by atoms with Crippen molar-refractivity contribution in [2.75, 3.05) is 5.32 Å². The van der Waals surface area contributed by atoms with Gasteiger partial charge in [-0.15, -0.1) is 0 Å². The number of benzene rings is 1. The van der Waals surface area contributed by atoms with Gasteiger partial charge < -0.3 is 5.32 Å². The molecule has 1 N–H and O–H groups in total. The molecule has 0 fully saturated rings. The van der Waals surface area contributed by atoms with Crippen LogP contribution in [0.15, 0.2) is 24.5 Å². The molecule has 2 rings (SSSR count). The Morgan fingerprint density at radius 1 is 1.26 bits per heavy atom. The molecule has 0 bridgehead atoms. The van der Waals surface area contributed by atoms with Crippen molar-refractivity contribution in [3.05, 3.63) is 45.2 Å². The lowest BCUT2D eigenvalue weighted by molar-refractivity contribution is 0.660. The molecule has 0 saturated carbocycles. The molecule has 0 amide bonds. The molecule has 0 aliphatic heterocycles. The monoisotopic (exact) mass is 317 g/mol. The zero-order chi connectivity index (χ0) is 14.0. The summed E-state index contributed by atoms with van der Waals surface area (Å²) in [6, 6.07) is 3.63. The minimum Gasteiger partial charge on any atom is -0.376 e. The Hall–Kier alpha value is -0.900. The number of aromatic nitrogens is 2. The van der Waals surface area contributed by atoms with Crippen LogP contribution in [0.1, 0.15) is 25.5 Å². The number of halogens is 3.